The van der Waals surface area contributed by atoms with Gasteiger partial charge in [0.25, 0.3) is 0 Å². The normalized spacial score (nSPS) is 7.26. The van der Waals surface area contributed by atoms with E-state index in [1.807, 2.05) is 42.3 Å². The van der Waals surface area contributed by atoms with E-state index in [9.17, 15) is 0 Å². The standard InChI is InChI=1S/3C3H7NS2.Fe/c3*1-4(2)3(5)6;/h3*1-2H3,(H,5,6);/q;;;+3/p-3. The Kier molecular flexibility index (Phi) is 25.0. The van der Waals surface area contributed by atoms with Crippen molar-refractivity contribution in [2.24, 2.45) is 0 Å². The first kappa shape index (κ1) is 28.1. The summed E-state index contributed by atoms with van der Waals surface area (Å²) in [5.74, 6) is 0. The first-order valence-corrected chi connectivity index (χ1v) is 7.03. The topological polar surface area (TPSA) is 9.72 Å². The zero-order valence-electron chi connectivity index (χ0n) is 11.6. The number of rotatable bonds is 0. The van der Waals surface area contributed by atoms with Gasteiger partial charge in [-0.25, -0.2) is 0 Å². The molecule has 0 heterocycles. The van der Waals surface area contributed by atoms with E-state index in [4.69, 9.17) is 0 Å². The molecule has 19 heavy (non-hydrogen) atoms. The fourth-order valence-corrected chi connectivity index (χ4v) is 0. The van der Waals surface area contributed by atoms with Crippen LogP contribution in [0.4, 0.5) is 0 Å². The summed E-state index contributed by atoms with van der Waals surface area (Å²) in [6.45, 7) is 0. The van der Waals surface area contributed by atoms with E-state index < -0.39 is 0 Å². The van der Waals surface area contributed by atoms with Crippen molar-refractivity contribution in [1.29, 1.82) is 0 Å². The van der Waals surface area contributed by atoms with E-state index in [0.717, 1.165) is 0 Å². The van der Waals surface area contributed by atoms with Gasteiger partial charge in [0.1, 0.15) is 0 Å². The summed E-state index contributed by atoms with van der Waals surface area (Å²) in [6.07, 6.45) is 0. The van der Waals surface area contributed by atoms with E-state index in [0.29, 0.717) is 13.0 Å². The van der Waals surface area contributed by atoms with Gasteiger partial charge in [0, 0.05) is 42.3 Å². The summed E-state index contributed by atoms with van der Waals surface area (Å²) in [5, 5.41) is 0. The van der Waals surface area contributed by atoms with E-state index in [1.165, 1.54) is 0 Å². The minimum absolute atomic E-state index is 0. The zero-order valence-corrected chi connectivity index (χ0v) is 17.6. The molecule has 0 bridgehead atoms. The summed E-state index contributed by atoms with van der Waals surface area (Å²) in [6, 6.07) is 0. The second-order valence-corrected chi connectivity index (χ2v) is 6.58. The van der Waals surface area contributed by atoms with Crippen LogP contribution in [0.3, 0.4) is 0 Å². The van der Waals surface area contributed by atoms with Crippen molar-refractivity contribution in [2.45, 2.75) is 0 Å². The number of hydrogen-bond acceptors (Lipinski definition) is 6. The Hall–Kier alpha value is 0.849. The van der Waals surface area contributed by atoms with E-state index in [2.05, 4.69) is 74.5 Å². The number of hydrogen-bond donors (Lipinski definition) is 0. The molecule has 0 aromatic heterocycles. The molecule has 0 aliphatic rings. The molecule has 1 radical (unpaired) electrons. The number of thiocarbonyl (C=S) groups is 3. The van der Waals surface area contributed by atoms with Crippen molar-refractivity contribution in [3.63, 3.8) is 0 Å². The zero-order chi connectivity index (χ0) is 15.5. The minimum atomic E-state index is 0. The van der Waals surface area contributed by atoms with Gasteiger partial charge in [-0.3, -0.25) is 0 Å². The molecule has 0 atom stereocenters. The van der Waals surface area contributed by atoms with Crippen LogP contribution in [-0.4, -0.2) is 69.9 Å². The van der Waals surface area contributed by atoms with Gasteiger partial charge in [0.05, 0.1) is 0 Å². The van der Waals surface area contributed by atoms with E-state index in [1.54, 1.807) is 14.7 Å². The van der Waals surface area contributed by atoms with Crippen LogP contribution in [0.5, 0.6) is 0 Å². The first-order valence-electron chi connectivity index (χ1n) is 4.58. The van der Waals surface area contributed by atoms with Gasteiger partial charge in [0.2, 0.25) is 0 Å². The van der Waals surface area contributed by atoms with Crippen molar-refractivity contribution < 1.29 is 17.1 Å². The van der Waals surface area contributed by atoms with Gasteiger partial charge in [-0.1, -0.05) is 13.0 Å². The largest absolute Gasteiger partial charge is 3.00 e. The van der Waals surface area contributed by atoms with Crippen LogP contribution in [0.25, 0.3) is 0 Å². The van der Waals surface area contributed by atoms with Crippen molar-refractivity contribution in [3.8, 4) is 0 Å². The molecule has 113 valence electrons. The van der Waals surface area contributed by atoms with E-state index >= 15 is 0 Å². The molecule has 3 nitrogen and oxygen atoms in total. The Morgan fingerprint density at radius 3 is 0.632 bits per heavy atom. The van der Waals surface area contributed by atoms with Crippen LogP contribution >= 0.6 is 36.7 Å². The molecular formula is C9H18FeN3S6. The SMILES string of the molecule is CN(C)C(=S)[S-].CN(C)C(=S)[S-].CN(C)C(=S)[S-].[Fe+3]. The minimum Gasteiger partial charge on any atom is -0.411 e. The molecule has 0 aliphatic carbocycles. The Bertz CT molecular complexity index is 228. The van der Waals surface area contributed by atoms with Crippen LogP contribution in [0.1, 0.15) is 0 Å². The third-order valence-electron chi connectivity index (χ3n) is 1.10. The molecular weight excluding hydrogens is 398 g/mol. The van der Waals surface area contributed by atoms with Crippen LogP contribution in [0.2, 0.25) is 0 Å². The molecule has 0 amide bonds. The summed E-state index contributed by atoms with van der Waals surface area (Å²) in [5.41, 5.74) is 0. The van der Waals surface area contributed by atoms with Gasteiger partial charge in [-0.15, -0.1) is 0 Å². The summed E-state index contributed by atoms with van der Waals surface area (Å²) < 4.78 is 1.53. The summed E-state index contributed by atoms with van der Waals surface area (Å²) in [4.78, 5) is 5.14. The number of nitrogens with zero attached hydrogens (tertiary/aromatic N) is 3. The van der Waals surface area contributed by atoms with Crippen LogP contribution in [-0.2, 0) is 55.0 Å². The van der Waals surface area contributed by atoms with Gasteiger partial charge in [-0.2, -0.15) is 0 Å². The van der Waals surface area contributed by atoms with Crippen molar-refractivity contribution >= 4 is 87.5 Å². The molecule has 0 spiro atoms. The fraction of sp³-hybridized carbons (Fsp3) is 0.667. The second kappa shape index (κ2) is 16.9. The summed E-state index contributed by atoms with van der Waals surface area (Å²) in [7, 11) is 11.0. The third-order valence-corrected chi connectivity index (χ3v) is 3.29. The maximum Gasteiger partial charge on any atom is 3.00 e. The summed E-state index contributed by atoms with van der Waals surface area (Å²) >= 11 is 27.4. The van der Waals surface area contributed by atoms with Crippen LogP contribution in [0, 0.1) is 0 Å². The predicted octanol–water partition coefficient (Wildman–Crippen LogP) is 1.14. The Morgan fingerprint density at radius 1 is 0.579 bits per heavy atom. The smallest absolute Gasteiger partial charge is 0.411 e. The van der Waals surface area contributed by atoms with Gasteiger partial charge in [-0.05, 0) is 0 Å². The van der Waals surface area contributed by atoms with Crippen LogP contribution < -0.4 is 0 Å². The monoisotopic (exact) mass is 416 g/mol. The first-order chi connectivity index (χ1) is 7.93. The molecule has 0 aliphatic heterocycles. The third kappa shape index (κ3) is 32.4. The molecule has 0 unspecified atom stereocenters. The molecule has 0 N–H and O–H groups in total. The van der Waals surface area contributed by atoms with Gasteiger partial charge < -0.3 is 89.2 Å². The van der Waals surface area contributed by atoms with Crippen molar-refractivity contribution in [1.82, 2.24) is 14.7 Å². The molecule has 0 saturated carbocycles. The Labute approximate surface area is 160 Å². The molecule has 0 saturated heterocycles. The maximum atomic E-state index is 4.56. The molecule has 0 aromatic rings. The predicted molar refractivity (Wildman–Crippen MR) is 101 cm³/mol. The quantitative estimate of drug-likeness (QED) is 0.324. The average molecular weight is 417 g/mol. The van der Waals surface area contributed by atoms with E-state index in [-0.39, 0.29) is 17.1 Å². The molecule has 0 rings (SSSR count). The second-order valence-electron chi connectivity index (χ2n) is 3.48. The van der Waals surface area contributed by atoms with Crippen molar-refractivity contribution in [3.05, 3.63) is 0 Å². The molecule has 0 fully saturated rings. The van der Waals surface area contributed by atoms with Crippen molar-refractivity contribution in [2.75, 3.05) is 42.3 Å². The van der Waals surface area contributed by atoms with Gasteiger partial charge >= 0.3 is 17.1 Å². The Morgan fingerprint density at radius 2 is 0.632 bits per heavy atom. The molecule has 10 heteroatoms. The Balaban J connectivity index is -0.0000000865. The fourth-order valence-electron chi connectivity index (χ4n) is 0. The van der Waals surface area contributed by atoms with Crippen LogP contribution in [0.15, 0.2) is 0 Å². The maximum absolute atomic E-state index is 4.56. The molecule has 0 aromatic carbocycles. The van der Waals surface area contributed by atoms with Gasteiger partial charge in [0.15, 0.2) is 0 Å². The average Bonchev–Trinajstić information content (AvgIpc) is 2.18.